The van der Waals surface area contributed by atoms with Crippen molar-refractivity contribution < 1.29 is 22.7 Å². The van der Waals surface area contributed by atoms with Crippen LogP contribution >= 0.6 is 0 Å². The van der Waals surface area contributed by atoms with Crippen LogP contribution in [0.4, 0.5) is 18.0 Å². The first-order chi connectivity index (χ1) is 12.7. The highest BCUT2D eigenvalue weighted by atomic mass is 19.4. The van der Waals surface area contributed by atoms with Crippen LogP contribution in [0.5, 0.6) is 0 Å². The molecule has 4 nitrogen and oxygen atoms in total. The third kappa shape index (κ3) is 10.6. The molecule has 2 N–H and O–H groups in total. The van der Waals surface area contributed by atoms with Gasteiger partial charge in [0.2, 0.25) is 5.60 Å². The first-order valence-corrected chi connectivity index (χ1v) is 10.2. The third-order valence-electron chi connectivity index (χ3n) is 4.92. The van der Waals surface area contributed by atoms with E-state index in [0.29, 0.717) is 0 Å². The van der Waals surface area contributed by atoms with Gasteiger partial charge in [-0.2, -0.15) is 13.2 Å². The third-order valence-corrected chi connectivity index (χ3v) is 4.92. The standard InChI is InChI=1S/C20H35F3N2O2/c1-19(2,20(21,22)23)27-18(26)25-24-17-15-13-11-9-7-5-3-4-6-8-10-12-14-16-17/h7,9,17,24H,3-6,8,10-16H2,1-2H3,(H,25,26). The summed E-state index contributed by atoms with van der Waals surface area (Å²) in [4.78, 5) is 11.7. The molecule has 0 aromatic rings. The van der Waals surface area contributed by atoms with Crippen molar-refractivity contribution in [2.75, 3.05) is 0 Å². The highest BCUT2D eigenvalue weighted by Crippen LogP contribution is 2.32. The average Bonchev–Trinajstić information content (AvgIpc) is 2.58. The molecule has 1 atom stereocenters. The zero-order valence-electron chi connectivity index (χ0n) is 16.7. The molecular formula is C20H35F3N2O2. The van der Waals surface area contributed by atoms with E-state index >= 15 is 0 Å². The summed E-state index contributed by atoms with van der Waals surface area (Å²) in [5.41, 5.74) is 2.65. The fraction of sp³-hybridized carbons (Fsp3) is 0.850. The molecule has 27 heavy (non-hydrogen) atoms. The molecule has 0 saturated carbocycles. The van der Waals surface area contributed by atoms with E-state index < -0.39 is 17.9 Å². The maximum Gasteiger partial charge on any atom is 0.427 e. The van der Waals surface area contributed by atoms with E-state index in [1.165, 1.54) is 32.1 Å². The Morgan fingerprint density at radius 1 is 0.889 bits per heavy atom. The SMILES string of the molecule is CC(C)(OC(=O)NNC1CCCC=CCCCCCCCCC1)C(F)(F)F. The van der Waals surface area contributed by atoms with Gasteiger partial charge in [0.15, 0.2) is 0 Å². The van der Waals surface area contributed by atoms with Crippen molar-refractivity contribution in [3.8, 4) is 0 Å². The van der Waals surface area contributed by atoms with E-state index in [9.17, 15) is 18.0 Å². The normalized spacial score (nSPS) is 21.7. The summed E-state index contributed by atoms with van der Waals surface area (Å²) in [6.07, 6.45) is 12.0. The maximum absolute atomic E-state index is 12.8. The van der Waals surface area contributed by atoms with Gasteiger partial charge in [-0.05, 0) is 52.4 Å². The molecule has 0 radical (unpaired) electrons. The Morgan fingerprint density at radius 2 is 1.41 bits per heavy atom. The molecule has 158 valence electrons. The highest BCUT2D eigenvalue weighted by molar-refractivity contribution is 5.67. The van der Waals surface area contributed by atoms with Crippen LogP contribution in [0.25, 0.3) is 0 Å². The zero-order chi connectivity index (χ0) is 20.2. The monoisotopic (exact) mass is 392 g/mol. The van der Waals surface area contributed by atoms with E-state index in [0.717, 1.165) is 58.8 Å². The molecule has 0 aliphatic heterocycles. The molecule has 0 saturated heterocycles. The van der Waals surface area contributed by atoms with Gasteiger partial charge in [0, 0.05) is 6.04 Å². The number of carbonyl (C=O) groups excluding carboxylic acids is 1. The Kier molecular flexibility index (Phi) is 10.8. The van der Waals surface area contributed by atoms with Gasteiger partial charge in [-0.15, -0.1) is 0 Å². The first-order valence-electron chi connectivity index (χ1n) is 10.2. The fourth-order valence-electron chi connectivity index (χ4n) is 3.02. The molecule has 0 spiro atoms. The number of nitrogens with one attached hydrogen (secondary N) is 2. The summed E-state index contributed by atoms with van der Waals surface area (Å²) in [5, 5.41) is 0. The first kappa shape index (κ1) is 23.8. The van der Waals surface area contributed by atoms with E-state index in [1.54, 1.807) is 0 Å². The van der Waals surface area contributed by atoms with Gasteiger partial charge < -0.3 is 4.74 Å². The van der Waals surface area contributed by atoms with Crippen LogP contribution in [0.1, 0.15) is 90.9 Å². The van der Waals surface area contributed by atoms with E-state index in [4.69, 9.17) is 0 Å². The zero-order valence-corrected chi connectivity index (χ0v) is 16.7. The molecule has 1 aliphatic rings. The van der Waals surface area contributed by atoms with E-state index in [2.05, 4.69) is 27.7 Å². The van der Waals surface area contributed by atoms with E-state index in [1.807, 2.05) is 0 Å². The molecule has 1 amide bonds. The predicted octanol–water partition coefficient (Wildman–Crippen LogP) is 6.18. The molecule has 0 aromatic carbocycles. The van der Waals surface area contributed by atoms with Gasteiger partial charge in [0.1, 0.15) is 0 Å². The van der Waals surface area contributed by atoms with Gasteiger partial charge in [-0.3, -0.25) is 5.43 Å². The lowest BCUT2D eigenvalue weighted by molar-refractivity contribution is -0.244. The Morgan fingerprint density at radius 3 is 2.04 bits per heavy atom. The molecule has 1 rings (SSSR count). The number of hydrogen-bond acceptors (Lipinski definition) is 3. The summed E-state index contributed by atoms with van der Waals surface area (Å²) in [6, 6.07) is 0.0325. The number of alkyl halides is 3. The number of rotatable bonds is 3. The molecule has 0 aromatic heterocycles. The number of ether oxygens (including phenoxy) is 1. The van der Waals surface area contributed by atoms with Gasteiger partial charge >= 0.3 is 12.3 Å². The molecule has 0 bridgehead atoms. The Labute approximate surface area is 161 Å². The molecule has 0 heterocycles. The van der Waals surface area contributed by atoms with Crippen LogP contribution in [-0.4, -0.2) is 23.9 Å². The second kappa shape index (κ2) is 12.3. The lowest BCUT2D eigenvalue weighted by Crippen LogP contribution is -2.50. The smallest absolute Gasteiger partial charge is 0.427 e. The fourth-order valence-corrected chi connectivity index (χ4v) is 3.02. The van der Waals surface area contributed by atoms with Crippen molar-refractivity contribution in [1.29, 1.82) is 0 Å². The Hall–Kier alpha value is -1.24. The largest absolute Gasteiger partial charge is 0.433 e. The molecule has 1 aliphatic carbocycles. The second-order valence-corrected chi connectivity index (χ2v) is 7.82. The second-order valence-electron chi connectivity index (χ2n) is 7.82. The number of amides is 1. The lowest BCUT2D eigenvalue weighted by atomic mass is 10.0. The topological polar surface area (TPSA) is 50.4 Å². The van der Waals surface area contributed by atoms with Crippen LogP contribution in [-0.2, 0) is 4.74 Å². The average molecular weight is 393 g/mol. The molecule has 0 fully saturated rings. The Bertz CT molecular complexity index is 451. The number of allylic oxidation sites excluding steroid dienone is 2. The summed E-state index contributed by atoms with van der Waals surface area (Å²) in [7, 11) is 0. The number of hydrazine groups is 1. The molecule has 1 unspecified atom stereocenters. The van der Waals surface area contributed by atoms with Gasteiger partial charge in [-0.1, -0.05) is 50.7 Å². The highest BCUT2D eigenvalue weighted by Gasteiger charge is 2.50. The van der Waals surface area contributed by atoms with Crippen LogP contribution < -0.4 is 10.9 Å². The number of hydrogen-bond donors (Lipinski definition) is 2. The predicted molar refractivity (Wildman–Crippen MR) is 101 cm³/mol. The van der Waals surface area contributed by atoms with Gasteiger partial charge in [0.05, 0.1) is 0 Å². The van der Waals surface area contributed by atoms with Crippen LogP contribution in [0.15, 0.2) is 12.2 Å². The number of halogens is 3. The Balaban J connectivity index is 2.45. The number of carbonyl (C=O) groups is 1. The summed E-state index contributed by atoms with van der Waals surface area (Å²) < 4.78 is 42.9. The lowest BCUT2D eigenvalue weighted by Gasteiger charge is -2.28. The van der Waals surface area contributed by atoms with Crippen LogP contribution in [0.3, 0.4) is 0 Å². The van der Waals surface area contributed by atoms with E-state index in [-0.39, 0.29) is 6.04 Å². The summed E-state index contributed by atoms with van der Waals surface area (Å²) in [5.74, 6) is 0. The summed E-state index contributed by atoms with van der Waals surface area (Å²) >= 11 is 0. The molecular weight excluding hydrogens is 357 g/mol. The molecule has 7 heteroatoms. The minimum Gasteiger partial charge on any atom is -0.433 e. The summed E-state index contributed by atoms with van der Waals surface area (Å²) in [6.45, 7) is 1.67. The quantitative estimate of drug-likeness (QED) is 0.445. The van der Waals surface area contributed by atoms with Crippen LogP contribution in [0, 0.1) is 0 Å². The van der Waals surface area contributed by atoms with Crippen molar-refractivity contribution >= 4 is 6.09 Å². The van der Waals surface area contributed by atoms with Crippen molar-refractivity contribution in [3.63, 3.8) is 0 Å². The van der Waals surface area contributed by atoms with Crippen molar-refractivity contribution in [2.45, 2.75) is 109 Å². The van der Waals surface area contributed by atoms with Crippen molar-refractivity contribution in [2.24, 2.45) is 0 Å². The van der Waals surface area contributed by atoms with Crippen LogP contribution in [0.2, 0.25) is 0 Å². The minimum absolute atomic E-state index is 0.0325. The maximum atomic E-state index is 12.8. The van der Waals surface area contributed by atoms with Crippen molar-refractivity contribution in [3.05, 3.63) is 12.2 Å². The minimum atomic E-state index is -4.61. The van der Waals surface area contributed by atoms with Gasteiger partial charge in [-0.25, -0.2) is 10.2 Å². The van der Waals surface area contributed by atoms with Crippen molar-refractivity contribution in [1.82, 2.24) is 10.9 Å². The van der Waals surface area contributed by atoms with Gasteiger partial charge in [0.25, 0.3) is 0 Å².